The van der Waals surface area contributed by atoms with Crippen molar-refractivity contribution in [2.75, 3.05) is 35.0 Å². The molecule has 3 rings (SSSR count). The summed E-state index contributed by atoms with van der Waals surface area (Å²) in [7, 11) is 5.74. The molecule has 9 heteroatoms. The highest BCUT2D eigenvalue weighted by atomic mass is 16.5. The number of benzene rings is 1. The number of carbonyl (C=O) groups excluding carboxylic acids is 3. The second-order valence-electron chi connectivity index (χ2n) is 8.63. The Morgan fingerprint density at radius 2 is 1.69 bits per heavy atom. The summed E-state index contributed by atoms with van der Waals surface area (Å²) in [6.45, 7) is 5.75. The van der Waals surface area contributed by atoms with E-state index in [1.165, 1.54) is 28.4 Å². The van der Waals surface area contributed by atoms with Crippen molar-refractivity contribution < 1.29 is 38.1 Å². The molecule has 3 atom stereocenters. The van der Waals surface area contributed by atoms with Gasteiger partial charge in [-0.25, -0.2) is 4.79 Å². The number of nitrogens with one attached hydrogen (secondary N) is 1. The van der Waals surface area contributed by atoms with Crippen molar-refractivity contribution in [2.45, 2.75) is 39.5 Å². The average Bonchev–Trinajstić information content (AvgIpc) is 2.85. The number of dihydropyridines is 1. The predicted molar refractivity (Wildman–Crippen MR) is 127 cm³/mol. The van der Waals surface area contributed by atoms with E-state index < -0.39 is 23.8 Å². The van der Waals surface area contributed by atoms with Gasteiger partial charge in [0.15, 0.2) is 17.3 Å². The number of hydrogen-bond donors (Lipinski definition) is 1. The molecule has 1 heterocycles. The lowest BCUT2D eigenvalue weighted by atomic mass is 9.69. The van der Waals surface area contributed by atoms with Crippen molar-refractivity contribution in [1.29, 1.82) is 0 Å². The summed E-state index contributed by atoms with van der Waals surface area (Å²) in [5.74, 6) is -2.44. The van der Waals surface area contributed by atoms with E-state index in [-0.39, 0.29) is 23.9 Å². The summed E-state index contributed by atoms with van der Waals surface area (Å²) in [6, 6.07) is 3.42. The molecule has 2 aliphatic rings. The van der Waals surface area contributed by atoms with Crippen LogP contribution >= 0.6 is 0 Å². The van der Waals surface area contributed by atoms with Gasteiger partial charge >= 0.3 is 11.9 Å². The van der Waals surface area contributed by atoms with E-state index >= 15 is 0 Å². The Labute approximate surface area is 205 Å². The van der Waals surface area contributed by atoms with Crippen LogP contribution in [0.15, 0.2) is 34.7 Å². The van der Waals surface area contributed by atoms with E-state index in [0.29, 0.717) is 52.6 Å². The zero-order valence-corrected chi connectivity index (χ0v) is 21.3. The molecule has 9 nitrogen and oxygen atoms in total. The van der Waals surface area contributed by atoms with E-state index in [0.717, 1.165) is 0 Å². The Hall–Kier alpha value is -3.49. The molecular weight excluding hydrogens is 454 g/mol. The molecule has 190 valence electrons. The average molecular weight is 488 g/mol. The number of Topliss-reactive ketones (excluding diaryl/α,β-unsaturated/α-hetero) is 1. The molecule has 0 saturated carbocycles. The lowest BCUT2D eigenvalue weighted by Gasteiger charge is -2.38. The van der Waals surface area contributed by atoms with E-state index in [1.54, 1.807) is 19.1 Å². The second kappa shape index (κ2) is 10.8. The van der Waals surface area contributed by atoms with Gasteiger partial charge in [-0.3, -0.25) is 9.59 Å². The summed E-state index contributed by atoms with van der Waals surface area (Å²) >= 11 is 0. The Kier molecular flexibility index (Phi) is 8.09. The van der Waals surface area contributed by atoms with Crippen LogP contribution in [0.25, 0.3) is 0 Å². The van der Waals surface area contributed by atoms with Gasteiger partial charge in [0.1, 0.15) is 5.92 Å². The van der Waals surface area contributed by atoms with E-state index in [4.69, 9.17) is 23.7 Å². The first-order chi connectivity index (χ1) is 16.7. The van der Waals surface area contributed by atoms with Gasteiger partial charge < -0.3 is 29.0 Å². The van der Waals surface area contributed by atoms with Gasteiger partial charge in [0.05, 0.1) is 40.6 Å². The molecule has 35 heavy (non-hydrogen) atoms. The summed E-state index contributed by atoms with van der Waals surface area (Å²) in [5.41, 5.74) is 2.45. The van der Waals surface area contributed by atoms with Gasteiger partial charge in [-0.05, 0) is 43.4 Å². The molecule has 0 fully saturated rings. The minimum atomic E-state index is -0.976. The summed E-state index contributed by atoms with van der Waals surface area (Å²) in [4.78, 5) is 39.6. The highest BCUT2D eigenvalue weighted by molar-refractivity contribution is 6.12. The molecule has 1 aliphatic heterocycles. The molecule has 0 amide bonds. The van der Waals surface area contributed by atoms with Crippen molar-refractivity contribution in [3.63, 3.8) is 0 Å². The second-order valence-corrected chi connectivity index (χ2v) is 8.63. The van der Waals surface area contributed by atoms with Crippen molar-refractivity contribution in [1.82, 2.24) is 5.32 Å². The number of rotatable bonds is 8. The predicted octanol–water partition coefficient (Wildman–Crippen LogP) is 3.28. The van der Waals surface area contributed by atoms with Crippen LogP contribution in [-0.4, -0.2) is 52.8 Å². The molecular formula is C26H33NO8. The first-order valence-corrected chi connectivity index (χ1v) is 11.5. The van der Waals surface area contributed by atoms with Crippen LogP contribution in [0.4, 0.5) is 0 Å². The van der Waals surface area contributed by atoms with Crippen molar-refractivity contribution >= 4 is 17.7 Å². The van der Waals surface area contributed by atoms with Gasteiger partial charge in [-0.1, -0.05) is 13.8 Å². The molecule has 0 bridgehead atoms. The number of esters is 2. The Morgan fingerprint density at radius 1 is 1.06 bits per heavy atom. The molecule has 1 aromatic rings. The monoisotopic (exact) mass is 487 g/mol. The zero-order valence-electron chi connectivity index (χ0n) is 21.3. The fraction of sp³-hybridized carbons (Fsp3) is 0.500. The maximum absolute atomic E-state index is 13.8. The first kappa shape index (κ1) is 26.1. The quantitative estimate of drug-likeness (QED) is 0.436. The van der Waals surface area contributed by atoms with Crippen LogP contribution in [0.5, 0.6) is 17.2 Å². The molecule has 0 spiro atoms. The van der Waals surface area contributed by atoms with Crippen LogP contribution in [0, 0.1) is 11.8 Å². The number of hydrogen-bond acceptors (Lipinski definition) is 9. The van der Waals surface area contributed by atoms with Crippen LogP contribution in [0.2, 0.25) is 0 Å². The Bertz CT molecular complexity index is 1060. The van der Waals surface area contributed by atoms with Crippen LogP contribution in [0.1, 0.15) is 45.1 Å². The van der Waals surface area contributed by atoms with E-state index in [1.807, 2.05) is 13.8 Å². The van der Waals surface area contributed by atoms with Gasteiger partial charge in [0, 0.05) is 22.9 Å². The lowest BCUT2D eigenvalue weighted by molar-refractivity contribution is -0.151. The topological polar surface area (TPSA) is 109 Å². The molecule has 0 radical (unpaired) electrons. The van der Waals surface area contributed by atoms with Gasteiger partial charge in [-0.2, -0.15) is 0 Å². The maximum atomic E-state index is 13.8. The maximum Gasteiger partial charge on any atom is 0.336 e. The Morgan fingerprint density at radius 3 is 2.20 bits per heavy atom. The minimum absolute atomic E-state index is 0.235. The summed E-state index contributed by atoms with van der Waals surface area (Å²) in [5, 5.41) is 3.24. The fourth-order valence-electron chi connectivity index (χ4n) is 4.82. The van der Waals surface area contributed by atoms with Gasteiger partial charge in [0.2, 0.25) is 5.75 Å². The highest BCUT2D eigenvalue weighted by Gasteiger charge is 2.47. The van der Waals surface area contributed by atoms with E-state index in [2.05, 4.69) is 5.32 Å². The van der Waals surface area contributed by atoms with Crippen molar-refractivity contribution in [3.05, 3.63) is 40.2 Å². The van der Waals surface area contributed by atoms with E-state index in [9.17, 15) is 14.4 Å². The summed E-state index contributed by atoms with van der Waals surface area (Å²) < 4.78 is 26.9. The normalized spacial score (nSPS) is 21.7. The van der Waals surface area contributed by atoms with Gasteiger partial charge in [-0.15, -0.1) is 0 Å². The highest BCUT2D eigenvalue weighted by Crippen LogP contribution is 2.48. The largest absolute Gasteiger partial charge is 0.493 e. The number of allylic oxidation sites excluding steroid dienone is 3. The number of ether oxygens (including phenoxy) is 5. The lowest BCUT2D eigenvalue weighted by Crippen LogP contribution is -2.43. The van der Waals surface area contributed by atoms with Crippen molar-refractivity contribution in [2.24, 2.45) is 11.8 Å². The third kappa shape index (κ3) is 4.72. The molecule has 0 aromatic heterocycles. The zero-order chi connectivity index (χ0) is 25.9. The molecule has 1 N–H and O–H groups in total. The first-order valence-electron chi connectivity index (χ1n) is 11.5. The summed E-state index contributed by atoms with van der Waals surface area (Å²) in [6.07, 6.45) is 1.09. The number of carbonyl (C=O) groups is 3. The Balaban J connectivity index is 2.27. The third-order valence-electron chi connectivity index (χ3n) is 6.42. The minimum Gasteiger partial charge on any atom is -0.493 e. The fourth-order valence-corrected chi connectivity index (χ4v) is 4.82. The smallest absolute Gasteiger partial charge is 0.336 e. The van der Waals surface area contributed by atoms with Crippen LogP contribution in [-0.2, 0) is 23.9 Å². The van der Waals surface area contributed by atoms with Crippen LogP contribution < -0.4 is 19.5 Å². The molecule has 1 aromatic carbocycles. The van der Waals surface area contributed by atoms with Crippen molar-refractivity contribution in [3.8, 4) is 17.2 Å². The number of methoxy groups -OCH3 is 4. The molecule has 0 unspecified atom stereocenters. The van der Waals surface area contributed by atoms with Gasteiger partial charge in [0.25, 0.3) is 0 Å². The third-order valence-corrected chi connectivity index (χ3v) is 6.42. The molecule has 0 saturated heterocycles. The number of ketones is 1. The SMILES string of the molecule is CCCOC(=O)C1=C(C)NC2=C(C(=O)[C@H](C(=O)OC)[C@H](C)C2)[C@H]1c1cc(OC)c(OC)c(OC)c1. The standard InChI is InChI=1S/C26H33NO8/c1-8-9-35-26(30)20-14(3)27-16-10-13(2)19(25(29)34-7)23(28)22(16)21(20)15-11-17(31-4)24(33-6)18(12-15)32-5/h11-13,19,21,27H,8-10H2,1-7H3/t13-,19-,21+/m1/s1. The molecule has 1 aliphatic carbocycles. The van der Waals surface area contributed by atoms with Crippen LogP contribution in [0.3, 0.4) is 0 Å².